The van der Waals surface area contributed by atoms with Crippen molar-refractivity contribution in [2.75, 3.05) is 25.0 Å². The van der Waals surface area contributed by atoms with Crippen molar-refractivity contribution in [3.8, 4) is 11.1 Å². The average molecular weight is 479 g/mol. The van der Waals surface area contributed by atoms with E-state index in [1.807, 2.05) is 29.2 Å². The van der Waals surface area contributed by atoms with E-state index in [1.165, 1.54) is 4.68 Å². The monoisotopic (exact) mass is 478 g/mol. The first kappa shape index (κ1) is 23.2. The third kappa shape index (κ3) is 5.59. The maximum Gasteiger partial charge on any atom is 0.279 e. The molecule has 0 aromatic carbocycles. The van der Waals surface area contributed by atoms with Gasteiger partial charge in [-0.1, -0.05) is 13.8 Å². The highest BCUT2D eigenvalue weighted by molar-refractivity contribution is 5.81. The van der Waals surface area contributed by atoms with Crippen molar-refractivity contribution in [1.82, 2.24) is 34.8 Å². The Morgan fingerprint density at radius 3 is 2.60 bits per heavy atom. The van der Waals surface area contributed by atoms with Gasteiger partial charge in [0, 0.05) is 23.5 Å². The van der Waals surface area contributed by atoms with E-state index in [-0.39, 0.29) is 6.54 Å². The number of hydrogen-bond acceptors (Lipinski definition) is 7. The van der Waals surface area contributed by atoms with Crippen LogP contribution in [0.15, 0.2) is 49.1 Å². The molecular formula is C25H28F2N8. The van der Waals surface area contributed by atoms with Gasteiger partial charge in [0.2, 0.25) is 0 Å². The molecule has 4 aromatic heterocycles. The molecule has 8 nitrogen and oxygen atoms in total. The number of anilines is 2. The fourth-order valence-electron chi connectivity index (χ4n) is 4.28. The van der Waals surface area contributed by atoms with Crippen molar-refractivity contribution in [2.45, 2.75) is 45.1 Å². The number of hydrogen-bond donors (Lipinski definition) is 1. The molecule has 0 atom stereocenters. The average Bonchev–Trinajstić information content (AvgIpc) is 3.50. The van der Waals surface area contributed by atoms with E-state index in [2.05, 4.69) is 44.4 Å². The number of likely N-dealkylation sites (tertiary alicyclic amines) is 1. The fourth-order valence-corrected chi connectivity index (χ4v) is 4.28. The molecule has 0 spiro atoms. The number of aromatic nitrogens is 6. The molecule has 10 heteroatoms. The lowest BCUT2D eigenvalue weighted by Crippen LogP contribution is -2.38. The Morgan fingerprint density at radius 1 is 0.971 bits per heavy atom. The van der Waals surface area contributed by atoms with Crippen LogP contribution in [-0.2, 0) is 6.54 Å². The lowest BCUT2D eigenvalue weighted by atomic mass is 10.1. The predicted octanol–water partition coefficient (Wildman–Crippen LogP) is 4.88. The molecule has 0 amide bonds. The summed E-state index contributed by atoms with van der Waals surface area (Å²) >= 11 is 0. The van der Waals surface area contributed by atoms with Crippen LogP contribution in [0.25, 0.3) is 22.2 Å². The molecular weight excluding hydrogens is 450 g/mol. The first-order valence-electron chi connectivity index (χ1n) is 11.8. The highest BCUT2D eigenvalue weighted by Gasteiger charge is 2.33. The fraction of sp³-hybridized carbons (Fsp3) is 0.400. The predicted molar refractivity (Wildman–Crippen MR) is 131 cm³/mol. The van der Waals surface area contributed by atoms with Crippen molar-refractivity contribution in [1.29, 1.82) is 0 Å². The number of pyridine rings is 2. The smallest absolute Gasteiger partial charge is 0.279 e. The molecule has 1 saturated heterocycles. The van der Waals surface area contributed by atoms with E-state index >= 15 is 0 Å². The summed E-state index contributed by atoms with van der Waals surface area (Å²) in [5.74, 6) is -1.27. The highest BCUT2D eigenvalue weighted by Crippen LogP contribution is 2.26. The summed E-state index contributed by atoms with van der Waals surface area (Å²) in [5.41, 5.74) is 3.96. The molecule has 0 aliphatic carbocycles. The lowest BCUT2D eigenvalue weighted by Gasteiger charge is -2.22. The second-order valence-corrected chi connectivity index (χ2v) is 9.38. The van der Waals surface area contributed by atoms with Gasteiger partial charge in [0.05, 0.1) is 30.0 Å². The van der Waals surface area contributed by atoms with Crippen LogP contribution in [0.2, 0.25) is 0 Å². The summed E-state index contributed by atoms with van der Waals surface area (Å²) in [4.78, 5) is 11.0. The van der Waals surface area contributed by atoms with Crippen LogP contribution in [0, 0.1) is 0 Å². The second kappa shape index (κ2) is 9.61. The molecule has 35 heavy (non-hydrogen) atoms. The second-order valence-electron chi connectivity index (χ2n) is 9.38. The minimum Gasteiger partial charge on any atom is -0.323 e. The van der Waals surface area contributed by atoms with E-state index in [0.29, 0.717) is 28.6 Å². The van der Waals surface area contributed by atoms with Crippen LogP contribution in [0.1, 0.15) is 38.2 Å². The number of fused-ring (bicyclic) bond motifs is 1. The Bertz CT molecular complexity index is 1310. The van der Waals surface area contributed by atoms with Crippen molar-refractivity contribution < 1.29 is 8.78 Å². The number of halogens is 2. The maximum absolute atomic E-state index is 14.5. The van der Waals surface area contributed by atoms with Crippen molar-refractivity contribution in [3.63, 3.8) is 0 Å². The summed E-state index contributed by atoms with van der Waals surface area (Å²) in [6.07, 6.45) is 8.65. The van der Waals surface area contributed by atoms with Crippen LogP contribution >= 0.6 is 0 Å². The summed E-state index contributed by atoms with van der Waals surface area (Å²) in [6.45, 7) is 4.99. The Balaban J connectivity index is 1.33. The molecule has 0 radical (unpaired) electrons. The Morgan fingerprint density at radius 2 is 1.80 bits per heavy atom. The quantitative estimate of drug-likeness (QED) is 0.386. The molecule has 4 aromatic rings. The number of rotatable bonds is 8. The zero-order chi connectivity index (χ0) is 24.4. The van der Waals surface area contributed by atoms with Crippen LogP contribution < -0.4 is 5.32 Å². The molecule has 1 N–H and O–H groups in total. The van der Waals surface area contributed by atoms with E-state index in [0.717, 1.165) is 42.6 Å². The van der Waals surface area contributed by atoms with E-state index in [9.17, 15) is 8.78 Å². The standard InChI is InChI=1S/C25H28F2N8/c1-17(2)18-10-24(33-29-12-18)32-23-6-5-21-22(31-23)9-19(11-28-21)20-13-30-35(14-20)16-25(26,27)15-34-7-3-4-8-34/h5-6,9-14,17H,3-4,7-8,15-16H2,1-2H3,(H,31,32,33). The molecule has 1 aliphatic heterocycles. The minimum atomic E-state index is -2.84. The van der Waals surface area contributed by atoms with Crippen LogP contribution in [0.4, 0.5) is 20.4 Å². The molecule has 0 unspecified atom stereocenters. The SMILES string of the molecule is CC(C)c1cnnc(Nc2ccc3ncc(-c4cnn(CC(F)(F)CN5CCCC5)c4)cc3n2)c1. The maximum atomic E-state index is 14.5. The van der Waals surface area contributed by atoms with Gasteiger partial charge in [-0.05, 0) is 61.7 Å². The van der Waals surface area contributed by atoms with Gasteiger partial charge in [-0.25, -0.2) is 13.8 Å². The van der Waals surface area contributed by atoms with Gasteiger partial charge in [-0.3, -0.25) is 14.6 Å². The van der Waals surface area contributed by atoms with Gasteiger partial charge in [0.1, 0.15) is 12.4 Å². The summed E-state index contributed by atoms with van der Waals surface area (Å²) in [7, 11) is 0. The molecule has 5 rings (SSSR count). The Kier molecular flexibility index (Phi) is 6.38. The first-order valence-corrected chi connectivity index (χ1v) is 11.8. The molecule has 0 saturated carbocycles. The summed E-state index contributed by atoms with van der Waals surface area (Å²) < 4.78 is 30.4. The van der Waals surface area contributed by atoms with Crippen molar-refractivity contribution in [2.24, 2.45) is 0 Å². The lowest BCUT2D eigenvalue weighted by molar-refractivity contribution is -0.0442. The molecule has 5 heterocycles. The highest BCUT2D eigenvalue weighted by atomic mass is 19.3. The molecule has 182 valence electrons. The largest absolute Gasteiger partial charge is 0.323 e. The summed E-state index contributed by atoms with van der Waals surface area (Å²) in [5, 5.41) is 15.6. The van der Waals surface area contributed by atoms with Crippen molar-refractivity contribution in [3.05, 3.63) is 54.6 Å². The molecule has 0 bridgehead atoms. The third-order valence-electron chi connectivity index (χ3n) is 6.15. The summed E-state index contributed by atoms with van der Waals surface area (Å²) in [6, 6.07) is 7.54. The zero-order valence-electron chi connectivity index (χ0n) is 19.8. The topological polar surface area (TPSA) is 84.7 Å². The minimum absolute atomic E-state index is 0.232. The Hall–Kier alpha value is -3.53. The van der Waals surface area contributed by atoms with Gasteiger partial charge in [-0.15, -0.1) is 5.10 Å². The van der Waals surface area contributed by atoms with Gasteiger partial charge in [-0.2, -0.15) is 10.2 Å². The van der Waals surface area contributed by atoms with Gasteiger partial charge in [0.15, 0.2) is 5.82 Å². The third-order valence-corrected chi connectivity index (χ3v) is 6.15. The normalized spacial score (nSPS) is 14.8. The van der Waals surface area contributed by atoms with Gasteiger partial charge in [0.25, 0.3) is 5.92 Å². The van der Waals surface area contributed by atoms with Crippen LogP contribution in [0.5, 0.6) is 0 Å². The van der Waals surface area contributed by atoms with Crippen LogP contribution in [-0.4, -0.2) is 60.4 Å². The van der Waals surface area contributed by atoms with E-state index < -0.39 is 12.5 Å². The first-order chi connectivity index (χ1) is 16.8. The number of alkyl halides is 2. The number of nitrogens with one attached hydrogen (secondary N) is 1. The van der Waals surface area contributed by atoms with E-state index in [1.54, 1.807) is 24.8 Å². The molecule has 1 aliphatic rings. The van der Waals surface area contributed by atoms with E-state index in [4.69, 9.17) is 0 Å². The zero-order valence-corrected chi connectivity index (χ0v) is 19.8. The van der Waals surface area contributed by atoms with Gasteiger partial charge >= 0.3 is 0 Å². The van der Waals surface area contributed by atoms with Crippen LogP contribution in [0.3, 0.4) is 0 Å². The van der Waals surface area contributed by atoms with Crippen molar-refractivity contribution >= 4 is 22.7 Å². The Labute approximate surface area is 202 Å². The molecule has 1 fully saturated rings. The van der Waals surface area contributed by atoms with Gasteiger partial charge < -0.3 is 5.32 Å². The number of nitrogens with zero attached hydrogens (tertiary/aromatic N) is 7.